The molecule has 1 unspecified atom stereocenters. The number of ether oxygens (including phenoxy) is 3. The fourth-order valence-corrected chi connectivity index (χ4v) is 4.65. The van der Waals surface area contributed by atoms with E-state index in [1.165, 1.54) is 4.90 Å². The monoisotopic (exact) mass is 526 g/mol. The molecule has 196 valence electrons. The maximum Gasteiger partial charge on any atom is 0.295 e. The molecule has 2 aliphatic rings. The number of likely N-dealkylation sites (tertiary alicyclic amines) is 1. The molecule has 8 nitrogen and oxygen atoms in total. The summed E-state index contributed by atoms with van der Waals surface area (Å²) in [4.78, 5) is 30.3. The maximum absolute atomic E-state index is 13.3. The third kappa shape index (κ3) is 5.98. The van der Waals surface area contributed by atoms with E-state index in [-0.39, 0.29) is 11.3 Å². The first-order valence-corrected chi connectivity index (χ1v) is 12.7. The van der Waals surface area contributed by atoms with Gasteiger partial charge in [0.1, 0.15) is 12.4 Å². The van der Waals surface area contributed by atoms with Crippen LogP contribution >= 0.6 is 11.6 Å². The molecule has 2 aromatic carbocycles. The molecule has 9 heteroatoms. The maximum atomic E-state index is 13.3. The molecule has 0 aliphatic carbocycles. The number of rotatable bonds is 10. The van der Waals surface area contributed by atoms with E-state index < -0.39 is 17.7 Å². The second kappa shape index (κ2) is 12.3. The van der Waals surface area contributed by atoms with E-state index in [1.54, 1.807) is 48.5 Å². The van der Waals surface area contributed by atoms with Gasteiger partial charge in [-0.2, -0.15) is 0 Å². The second-order valence-electron chi connectivity index (χ2n) is 8.69. The molecule has 2 heterocycles. The lowest BCUT2D eigenvalue weighted by Crippen LogP contribution is -2.42. The minimum absolute atomic E-state index is 0.0245. The molecule has 2 saturated heterocycles. The highest BCUT2D eigenvalue weighted by molar-refractivity contribution is 6.46. The van der Waals surface area contributed by atoms with E-state index in [9.17, 15) is 14.7 Å². The van der Waals surface area contributed by atoms with Gasteiger partial charge in [-0.25, -0.2) is 0 Å². The Morgan fingerprint density at radius 3 is 2.51 bits per heavy atom. The lowest BCUT2D eigenvalue weighted by molar-refractivity contribution is -0.140. The van der Waals surface area contributed by atoms with Gasteiger partial charge in [0.15, 0.2) is 11.5 Å². The average molecular weight is 527 g/mol. The zero-order chi connectivity index (χ0) is 26.4. The van der Waals surface area contributed by atoms with Gasteiger partial charge in [-0.15, -0.1) is 0 Å². The van der Waals surface area contributed by atoms with Crippen molar-refractivity contribution in [3.63, 3.8) is 0 Å². The summed E-state index contributed by atoms with van der Waals surface area (Å²) in [6.07, 6.45) is 1.64. The molecule has 0 aromatic heterocycles. The van der Waals surface area contributed by atoms with Crippen molar-refractivity contribution in [3.8, 4) is 11.5 Å². The van der Waals surface area contributed by atoms with Gasteiger partial charge >= 0.3 is 0 Å². The number of halogens is 1. The predicted octanol–water partition coefficient (Wildman–Crippen LogP) is 4.06. The third-order valence-electron chi connectivity index (χ3n) is 6.36. The molecule has 0 bridgehead atoms. The number of nitrogens with zero attached hydrogens (tertiary/aromatic N) is 2. The Hall–Kier alpha value is -3.33. The lowest BCUT2D eigenvalue weighted by Gasteiger charge is -2.31. The average Bonchev–Trinajstić information content (AvgIpc) is 3.17. The smallest absolute Gasteiger partial charge is 0.295 e. The van der Waals surface area contributed by atoms with E-state index in [4.69, 9.17) is 25.8 Å². The van der Waals surface area contributed by atoms with E-state index in [0.717, 1.165) is 13.1 Å². The Bertz CT molecular complexity index is 1170. The molecular formula is C28H31ClN2O6. The summed E-state index contributed by atoms with van der Waals surface area (Å²) in [6, 6.07) is 11.0. The molecule has 1 atom stereocenters. The highest BCUT2D eigenvalue weighted by Gasteiger charge is 2.46. The molecule has 0 spiro atoms. The minimum atomic E-state index is -0.802. The first-order chi connectivity index (χ1) is 17.9. The summed E-state index contributed by atoms with van der Waals surface area (Å²) in [5, 5.41) is 11.7. The molecule has 2 fully saturated rings. The van der Waals surface area contributed by atoms with Crippen LogP contribution in [0.15, 0.2) is 60.7 Å². The quantitative estimate of drug-likeness (QED) is 0.216. The van der Waals surface area contributed by atoms with Crippen molar-refractivity contribution in [1.82, 2.24) is 9.80 Å². The van der Waals surface area contributed by atoms with Crippen molar-refractivity contribution < 1.29 is 28.9 Å². The van der Waals surface area contributed by atoms with Crippen molar-refractivity contribution >= 4 is 29.1 Å². The zero-order valence-corrected chi connectivity index (χ0v) is 21.6. The number of amides is 1. The SMILES string of the molecule is C=CCOc1ccc(C2/C(=C(\O)c3ccc(Cl)cc3)C(=O)C(=O)N2CCN2CCOCC2)cc1OCC. The number of benzene rings is 2. The van der Waals surface area contributed by atoms with Gasteiger partial charge in [-0.1, -0.05) is 30.3 Å². The predicted molar refractivity (Wildman–Crippen MR) is 141 cm³/mol. The number of carbonyl (C=O) groups is 2. The molecule has 2 aliphatic heterocycles. The van der Waals surface area contributed by atoms with Gasteiger partial charge in [0.2, 0.25) is 0 Å². The van der Waals surface area contributed by atoms with Crippen LogP contribution in [0.2, 0.25) is 5.02 Å². The van der Waals surface area contributed by atoms with Gasteiger partial charge < -0.3 is 24.2 Å². The number of hydrogen-bond acceptors (Lipinski definition) is 7. The van der Waals surface area contributed by atoms with Crippen LogP contribution in [0.4, 0.5) is 0 Å². The first-order valence-electron chi connectivity index (χ1n) is 12.3. The number of Topliss-reactive ketones (excluding diaryl/α,β-unsaturated/α-hetero) is 1. The summed E-state index contributed by atoms with van der Waals surface area (Å²) >= 11 is 6.02. The molecule has 0 radical (unpaired) electrons. The number of hydrogen-bond donors (Lipinski definition) is 1. The van der Waals surface area contributed by atoms with E-state index >= 15 is 0 Å². The van der Waals surface area contributed by atoms with E-state index in [2.05, 4.69) is 11.5 Å². The van der Waals surface area contributed by atoms with Crippen molar-refractivity contribution in [1.29, 1.82) is 0 Å². The highest BCUT2D eigenvalue weighted by Crippen LogP contribution is 2.42. The first kappa shape index (κ1) is 26.7. The standard InChI is InChI=1S/C28H31ClN2O6/c1-3-15-37-22-10-7-20(18-23(22)36-4-2)25-24(26(32)19-5-8-21(29)9-6-19)27(33)28(34)31(25)12-11-30-13-16-35-17-14-30/h3,5-10,18,25,32H,1,4,11-17H2,2H3/b26-24+. The lowest BCUT2D eigenvalue weighted by atomic mass is 9.95. The molecule has 0 saturated carbocycles. The molecule has 4 rings (SSSR count). The van der Waals surface area contributed by atoms with Gasteiger partial charge in [-0.3, -0.25) is 14.5 Å². The normalized spacial score (nSPS) is 19.7. The highest BCUT2D eigenvalue weighted by atomic mass is 35.5. The Labute approximate surface area is 221 Å². The van der Waals surface area contributed by atoms with Crippen LogP contribution in [0.3, 0.4) is 0 Å². The van der Waals surface area contributed by atoms with Crippen molar-refractivity contribution in [2.75, 3.05) is 52.6 Å². The number of aliphatic hydroxyl groups excluding tert-OH is 1. The van der Waals surface area contributed by atoms with Gasteiger partial charge in [0.05, 0.1) is 31.4 Å². The van der Waals surface area contributed by atoms with Crippen LogP contribution in [0, 0.1) is 0 Å². The fourth-order valence-electron chi connectivity index (χ4n) is 4.53. The molecular weight excluding hydrogens is 496 g/mol. The van der Waals surface area contributed by atoms with Crippen LogP contribution in [0.1, 0.15) is 24.1 Å². The second-order valence-corrected chi connectivity index (χ2v) is 9.13. The summed E-state index contributed by atoms with van der Waals surface area (Å²) in [7, 11) is 0. The number of ketones is 1. The van der Waals surface area contributed by atoms with E-state index in [0.29, 0.717) is 67.2 Å². The topological polar surface area (TPSA) is 88.5 Å². The number of morpholine rings is 1. The minimum Gasteiger partial charge on any atom is -0.507 e. The van der Waals surface area contributed by atoms with Crippen LogP contribution < -0.4 is 9.47 Å². The van der Waals surface area contributed by atoms with Gasteiger partial charge in [0.25, 0.3) is 11.7 Å². The summed E-state index contributed by atoms with van der Waals surface area (Å²) in [6.45, 7) is 9.89. The number of aliphatic hydroxyl groups is 1. The summed E-state index contributed by atoms with van der Waals surface area (Å²) in [5.41, 5.74) is 1.05. The Morgan fingerprint density at radius 2 is 1.84 bits per heavy atom. The van der Waals surface area contributed by atoms with Gasteiger partial charge in [-0.05, 0) is 48.9 Å². The Kier molecular flexibility index (Phi) is 8.87. The van der Waals surface area contributed by atoms with E-state index in [1.807, 2.05) is 6.92 Å². The number of carbonyl (C=O) groups excluding carboxylic acids is 2. The summed E-state index contributed by atoms with van der Waals surface area (Å²) < 4.78 is 17.0. The Morgan fingerprint density at radius 1 is 1.11 bits per heavy atom. The molecule has 37 heavy (non-hydrogen) atoms. The Balaban J connectivity index is 1.77. The largest absolute Gasteiger partial charge is 0.507 e. The molecule has 1 amide bonds. The zero-order valence-electron chi connectivity index (χ0n) is 20.8. The van der Waals surface area contributed by atoms with Crippen LogP contribution in [0.5, 0.6) is 11.5 Å². The van der Waals surface area contributed by atoms with Crippen LogP contribution in [0.25, 0.3) is 5.76 Å². The summed E-state index contributed by atoms with van der Waals surface area (Å²) in [5.74, 6) is -0.637. The van der Waals surface area contributed by atoms with Gasteiger partial charge in [0, 0.05) is 36.8 Å². The van der Waals surface area contributed by atoms with Crippen molar-refractivity contribution in [2.24, 2.45) is 0 Å². The third-order valence-corrected chi connectivity index (χ3v) is 6.61. The van der Waals surface area contributed by atoms with Crippen molar-refractivity contribution in [2.45, 2.75) is 13.0 Å². The fraction of sp³-hybridized carbons (Fsp3) is 0.357. The van der Waals surface area contributed by atoms with Crippen molar-refractivity contribution in [3.05, 3.63) is 76.8 Å². The molecule has 1 N–H and O–H groups in total. The molecule has 2 aromatic rings. The van der Waals surface area contributed by atoms with Crippen LogP contribution in [-0.2, 0) is 14.3 Å². The van der Waals surface area contributed by atoms with Crippen LogP contribution in [-0.4, -0.2) is 79.2 Å².